The number of nitrogens with one attached hydrogen (secondary N) is 2. The average molecular weight is 340 g/mol. The van der Waals surface area contributed by atoms with Gasteiger partial charge in [0.05, 0.1) is 44.6 Å². The number of hydrogen-bond acceptors (Lipinski definition) is 3. The lowest BCUT2D eigenvalue weighted by Gasteiger charge is -2.33. The molecule has 0 aliphatic carbocycles. The van der Waals surface area contributed by atoms with E-state index in [4.69, 9.17) is 4.74 Å². The molecule has 1 aliphatic rings. The number of piperazine rings is 1. The Morgan fingerprint density at radius 1 is 1.16 bits per heavy atom. The van der Waals surface area contributed by atoms with Gasteiger partial charge in [-0.3, -0.25) is 4.79 Å². The fraction of sp³-hybridized carbons (Fsp3) is 0.350. The molecule has 1 aliphatic heterocycles. The average Bonchev–Trinajstić information content (AvgIpc) is 2.61. The first-order valence-electron chi connectivity index (χ1n) is 8.76. The highest BCUT2D eigenvalue weighted by atomic mass is 16.5. The van der Waals surface area contributed by atoms with Gasteiger partial charge in [-0.1, -0.05) is 24.3 Å². The molecule has 0 bridgehead atoms. The molecular weight excluding hydrogens is 314 g/mol. The minimum absolute atomic E-state index is 0.00464. The number of aryl methyl sites for hydroxylation is 1. The van der Waals surface area contributed by atoms with Crippen molar-refractivity contribution in [1.82, 2.24) is 0 Å². The van der Waals surface area contributed by atoms with Crippen LogP contribution in [-0.2, 0) is 4.79 Å². The number of quaternary nitrogens is 1. The Bertz CT molecular complexity index is 724. The van der Waals surface area contributed by atoms with Gasteiger partial charge in [-0.05, 0) is 36.8 Å². The van der Waals surface area contributed by atoms with Crippen LogP contribution in [0.5, 0.6) is 5.75 Å². The molecule has 1 amide bonds. The Kier molecular flexibility index (Phi) is 5.56. The van der Waals surface area contributed by atoms with Crippen molar-refractivity contribution in [3.8, 4) is 5.75 Å². The van der Waals surface area contributed by atoms with E-state index in [1.165, 1.54) is 0 Å². The second kappa shape index (κ2) is 8.03. The zero-order valence-corrected chi connectivity index (χ0v) is 14.9. The highest BCUT2D eigenvalue weighted by Gasteiger charge is 2.19. The molecule has 2 aromatic rings. The second-order valence-electron chi connectivity index (χ2n) is 6.61. The number of benzene rings is 2. The van der Waals surface area contributed by atoms with Crippen LogP contribution in [0.4, 0.5) is 11.4 Å². The summed E-state index contributed by atoms with van der Waals surface area (Å²) < 4.78 is 5.59. The van der Waals surface area contributed by atoms with E-state index in [0.717, 1.165) is 43.1 Å². The van der Waals surface area contributed by atoms with Gasteiger partial charge in [0.1, 0.15) is 5.75 Å². The highest BCUT2D eigenvalue weighted by Crippen LogP contribution is 2.25. The molecular formula is C20H26N3O2+. The Hall–Kier alpha value is -2.53. The number of rotatable bonds is 5. The Morgan fingerprint density at radius 3 is 2.68 bits per heavy atom. The van der Waals surface area contributed by atoms with Gasteiger partial charge in [0.25, 0.3) is 5.91 Å². The fourth-order valence-electron chi connectivity index (χ4n) is 3.02. The molecule has 1 fully saturated rings. The van der Waals surface area contributed by atoms with E-state index in [1.54, 1.807) is 4.90 Å². The number of amides is 1. The van der Waals surface area contributed by atoms with Crippen molar-refractivity contribution in [1.29, 1.82) is 0 Å². The molecule has 5 nitrogen and oxygen atoms in total. The van der Waals surface area contributed by atoms with Crippen LogP contribution < -0.4 is 19.9 Å². The van der Waals surface area contributed by atoms with Gasteiger partial charge in [0.15, 0.2) is 6.61 Å². The predicted octanol–water partition coefficient (Wildman–Crippen LogP) is 1.35. The van der Waals surface area contributed by atoms with E-state index >= 15 is 0 Å². The van der Waals surface area contributed by atoms with E-state index in [2.05, 4.69) is 23.3 Å². The molecule has 1 heterocycles. The third kappa shape index (κ3) is 4.73. The summed E-state index contributed by atoms with van der Waals surface area (Å²) in [6, 6.07) is 15.7. The standard InChI is InChI=1S/C20H25N3O2/c1-16-6-5-7-17(14-16)25-15-20(24)21-18-8-3-4-9-19(18)23-12-10-22(2)11-13-23/h3-9,14H,10-13,15H2,1-2H3,(H,21,24)/p+1. The van der Waals surface area contributed by atoms with E-state index in [0.29, 0.717) is 5.75 Å². The third-order valence-corrected chi connectivity index (χ3v) is 4.50. The molecule has 0 saturated carbocycles. The van der Waals surface area contributed by atoms with Gasteiger partial charge in [-0.2, -0.15) is 0 Å². The molecule has 0 spiro atoms. The first-order chi connectivity index (χ1) is 12.1. The summed E-state index contributed by atoms with van der Waals surface area (Å²) in [6.07, 6.45) is 0. The van der Waals surface area contributed by atoms with Crippen LogP contribution in [0.1, 0.15) is 5.56 Å². The summed E-state index contributed by atoms with van der Waals surface area (Å²) in [7, 11) is 2.22. The van der Waals surface area contributed by atoms with E-state index in [9.17, 15) is 4.79 Å². The molecule has 2 N–H and O–H groups in total. The van der Waals surface area contributed by atoms with Crippen LogP contribution in [0.2, 0.25) is 0 Å². The lowest BCUT2D eigenvalue weighted by atomic mass is 10.2. The number of hydrogen-bond donors (Lipinski definition) is 2. The summed E-state index contributed by atoms with van der Waals surface area (Å²) in [4.78, 5) is 16.2. The van der Waals surface area contributed by atoms with Crippen molar-refractivity contribution in [2.45, 2.75) is 6.92 Å². The summed E-state index contributed by atoms with van der Waals surface area (Å²) in [5.74, 6) is 0.569. The summed E-state index contributed by atoms with van der Waals surface area (Å²) in [5, 5.41) is 2.99. The normalized spacial score (nSPS) is 15.0. The molecule has 5 heteroatoms. The summed E-state index contributed by atoms with van der Waals surface area (Å²) in [6.45, 7) is 6.22. The maximum atomic E-state index is 12.3. The van der Waals surface area contributed by atoms with Crippen LogP contribution in [-0.4, -0.2) is 45.7 Å². The van der Waals surface area contributed by atoms with Gasteiger partial charge < -0.3 is 19.9 Å². The molecule has 0 radical (unpaired) electrons. The van der Waals surface area contributed by atoms with Crippen LogP contribution >= 0.6 is 0 Å². The van der Waals surface area contributed by atoms with Crippen LogP contribution in [0, 0.1) is 6.92 Å². The summed E-state index contributed by atoms with van der Waals surface area (Å²) >= 11 is 0. The fourth-order valence-corrected chi connectivity index (χ4v) is 3.02. The topological polar surface area (TPSA) is 46.0 Å². The van der Waals surface area contributed by atoms with Crippen LogP contribution in [0.3, 0.4) is 0 Å². The molecule has 0 aromatic heterocycles. The Balaban J connectivity index is 1.61. The summed E-state index contributed by atoms with van der Waals surface area (Å²) in [5.41, 5.74) is 3.04. The van der Waals surface area contributed by atoms with E-state index in [-0.39, 0.29) is 12.5 Å². The van der Waals surface area contributed by atoms with Gasteiger partial charge in [-0.25, -0.2) is 0 Å². The van der Waals surface area contributed by atoms with Crippen molar-refractivity contribution in [2.24, 2.45) is 0 Å². The predicted molar refractivity (Wildman–Crippen MR) is 101 cm³/mol. The van der Waals surface area contributed by atoms with Crippen molar-refractivity contribution in [2.75, 3.05) is 50.1 Å². The van der Waals surface area contributed by atoms with Crippen molar-refractivity contribution < 1.29 is 14.4 Å². The SMILES string of the molecule is Cc1cccc(OCC(=O)Nc2ccccc2N2CC[NH+](C)CC2)c1. The minimum Gasteiger partial charge on any atom is -0.484 e. The molecule has 1 saturated heterocycles. The Labute approximate surface area is 149 Å². The van der Waals surface area contributed by atoms with Crippen LogP contribution in [0.25, 0.3) is 0 Å². The van der Waals surface area contributed by atoms with E-state index in [1.807, 2.05) is 49.4 Å². The van der Waals surface area contributed by atoms with Gasteiger partial charge in [-0.15, -0.1) is 0 Å². The number of carbonyl (C=O) groups excluding carboxylic acids is 1. The molecule has 25 heavy (non-hydrogen) atoms. The third-order valence-electron chi connectivity index (χ3n) is 4.50. The molecule has 3 rings (SSSR count). The molecule has 2 aromatic carbocycles. The molecule has 0 unspecified atom stereocenters. The van der Waals surface area contributed by atoms with Crippen LogP contribution in [0.15, 0.2) is 48.5 Å². The number of para-hydroxylation sites is 2. The lowest BCUT2D eigenvalue weighted by Crippen LogP contribution is -3.12. The van der Waals surface area contributed by atoms with Crippen molar-refractivity contribution in [3.05, 3.63) is 54.1 Å². The number of ether oxygens (including phenoxy) is 1. The highest BCUT2D eigenvalue weighted by molar-refractivity contribution is 5.95. The number of anilines is 2. The maximum absolute atomic E-state index is 12.3. The van der Waals surface area contributed by atoms with Gasteiger partial charge in [0.2, 0.25) is 0 Å². The monoisotopic (exact) mass is 340 g/mol. The smallest absolute Gasteiger partial charge is 0.262 e. The zero-order valence-electron chi connectivity index (χ0n) is 14.9. The van der Waals surface area contributed by atoms with Gasteiger partial charge in [0, 0.05) is 0 Å². The number of nitrogens with zero attached hydrogens (tertiary/aromatic N) is 1. The van der Waals surface area contributed by atoms with Crippen molar-refractivity contribution in [3.63, 3.8) is 0 Å². The quantitative estimate of drug-likeness (QED) is 0.864. The minimum atomic E-state index is -0.145. The maximum Gasteiger partial charge on any atom is 0.262 e. The van der Waals surface area contributed by atoms with Gasteiger partial charge >= 0.3 is 0 Å². The van der Waals surface area contributed by atoms with E-state index < -0.39 is 0 Å². The second-order valence-corrected chi connectivity index (χ2v) is 6.61. The first kappa shape index (κ1) is 17.3. The number of likely N-dealkylation sites (N-methyl/N-ethyl adjacent to an activating group) is 1. The number of carbonyl (C=O) groups is 1. The zero-order chi connectivity index (χ0) is 17.6. The molecule has 132 valence electrons. The van der Waals surface area contributed by atoms with Crippen molar-refractivity contribution >= 4 is 17.3 Å². The Morgan fingerprint density at radius 2 is 1.92 bits per heavy atom. The first-order valence-corrected chi connectivity index (χ1v) is 8.76. The lowest BCUT2D eigenvalue weighted by molar-refractivity contribution is -0.880. The largest absolute Gasteiger partial charge is 0.484 e. The molecule has 0 atom stereocenters.